The van der Waals surface area contributed by atoms with Crippen LogP contribution in [-0.2, 0) is 23.9 Å². The quantitative estimate of drug-likeness (QED) is 0.270. The van der Waals surface area contributed by atoms with Gasteiger partial charge < -0.3 is 25.7 Å². The molecule has 0 bridgehead atoms. The molecule has 0 heterocycles. The Morgan fingerprint density at radius 2 is 1.46 bits per heavy atom. The molecule has 0 spiro atoms. The van der Waals surface area contributed by atoms with Crippen molar-refractivity contribution in [2.24, 2.45) is 11.5 Å². The third-order valence-electron chi connectivity index (χ3n) is 3.59. The zero-order chi connectivity index (χ0) is 22.3. The predicted octanol–water partition coefficient (Wildman–Crippen LogP) is 1.51. The van der Waals surface area contributed by atoms with Gasteiger partial charge >= 0.3 is 12.1 Å². The first kappa shape index (κ1) is 26.0. The lowest BCUT2D eigenvalue weighted by molar-refractivity contribution is -0.172. The number of rotatable bonds is 8. The van der Waals surface area contributed by atoms with Crippen LogP contribution in [0.25, 0.3) is 0 Å². The fourth-order valence-electron chi connectivity index (χ4n) is 2.19. The molecule has 0 fully saturated rings. The number of nitrogens with zero attached hydrogens (tertiary/aromatic N) is 1. The van der Waals surface area contributed by atoms with Gasteiger partial charge in [0.1, 0.15) is 11.2 Å². The third-order valence-corrected chi connectivity index (χ3v) is 3.59. The summed E-state index contributed by atoms with van der Waals surface area (Å²) in [6.07, 6.45) is 0.473. The van der Waals surface area contributed by atoms with Crippen LogP contribution in [-0.4, -0.2) is 58.5 Å². The van der Waals surface area contributed by atoms with Gasteiger partial charge in [-0.1, -0.05) is 6.42 Å². The number of imide groups is 1. The van der Waals surface area contributed by atoms with Gasteiger partial charge in [0.25, 0.3) is 0 Å². The zero-order valence-corrected chi connectivity index (χ0v) is 18.0. The summed E-state index contributed by atoms with van der Waals surface area (Å²) >= 11 is 0. The maximum atomic E-state index is 12.9. The van der Waals surface area contributed by atoms with Crippen LogP contribution in [0.15, 0.2) is 0 Å². The summed E-state index contributed by atoms with van der Waals surface area (Å²) in [5, 5.41) is 0. The minimum Gasteiger partial charge on any atom is -0.458 e. The highest BCUT2D eigenvalue weighted by Gasteiger charge is 2.51. The second kappa shape index (κ2) is 9.97. The first-order valence-corrected chi connectivity index (χ1v) is 9.31. The molecular weight excluding hydrogens is 366 g/mol. The van der Waals surface area contributed by atoms with Crippen molar-refractivity contribution < 1.29 is 28.7 Å². The van der Waals surface area contributed by atoms with Crippen LogP contribution in [0.1, 0.15) is 67.7 Å². The lowest BCUT2D eigenvalue weighted by atomic mass is 9.99. The molecule has 4 N–H and O–H groups in total. The summed E-state index contributed by atoms with van der Waals surface area (Å²) in [5.74, 6) is -1.95. The first-order valence-electron chi connectivity index (χ1n) is 9.31. The van der Waals surface area contributed by atoms with Crippen LogP contribution < -0.4 is 11.5 Å². The third kappa shape index (κ3) is 7.93. The van der Waals surface area contributed by atoms with Crippen LogP contribution in [0.4, 0.5) is 4.79 Å². The van der Waals surface area contributed by atoms with Crippen molar-refractivity contribution in [3.05, 3.63) is 0 Å². The number of hydrogen-bond donors (Lipinski definition) is 2. The molecule has 9 nitrogen and oxygen atoms in total. The van der Waals surface area contributed by atoms with Gasteiger partial charge in [-0.05, 0) is 67.9 Å². The molecule has 2 amide bonds. The van der Waals surface area contributed by atoms with E-state index in [4.69, 9.17) is 20.9 Å². The van der Waals surface area contributed by atoms with E-state index in [0.717, 1.165) is 6.92 Å². The summed E-state index contributed by atoms with van der Waals surface area (Å²) in [4.78, 5) is 50.7. The minimum absolute atomic E-state index is 0.190. The van der Waals surface area contributed by atoms with E-state index in [1.807, 2.05) is 0 Å². The van der Waals surface area contributed by atoms with E-state index in [-0.39, 0.29) is 12.7 Å². The molecule has 0 aliphatic rings. The van der Waals surface area contributed by atoms with Crippen molar-refractivity contribution in [3.8, 4) is 0 Å². The maximum absolute atomic E-state index is 12.9. The Morgan fingerprint density at radius 3 is 1.86 bits per heavy atom. The molecule has 0 aliphatic carbocycles. The Morgan fingerprint density at radius 1 is 0.964 bits per heavy atom. The highest BCUT2D eigenvalue weighted by molar-refractivity contribution is 6.08. The van der Waals surface area contributed by atoms with Gasteiger partial charge in [0, 0.05) is 0 Å². The zero-order valence-electron chi connectivity index (χ0n) is 18.0. The number of aldehydes is 1. The van der Waals surface area contributed by atoms with Gasteiger partial charge in [0.2, 0.25) is 11.4 Å². The van der Waals surface area contributed by atoms with E-state index in [9.17, 15) is 19.2 Å². The molecule has 0 saturated carbocycles. The number of carbonyl (C=O) groups is 4. The molecule has 0 aliphatic heterocycles. The van der Waals surface area contributed by atoms with Crippen LogP contribution in [0.2, 0.25) is 0 Å². The Bertz CT molecular complexity index is 579. The SMILES string of the molecule is CC(C)(C)OC(=O)N(C(=O)[C@@H](N)CCCCN)[C@](C)(C=O)C(=O)OC(C)(C)C. The monoisotopic (exact) mass is 401 g/mol. The molecule has 28 heavy (non-hydrogen) atoms. The molecule has 0 saturated heterocycles. The smallest absolute Gasteiger partial charge is 0.418 e. The molecule has 0 radical (unpaired) electrons. The second-order valence-corrected chi connectivity index (χ2v) is 8.81. The van der Waals surface area contributed by atoms with Crippen molar-refractivity contribution in [1.29, 1.82) is 0 Å². The summed E-state index contributed by atoms with van der Waals surface area (Å²) in [6.45, 7) is 11.2. The Kier molecular flexibility index (Phi) is 9.26. The lowest BCUT2D eigenvalue weighted by Gasteiger charge is -2.37. The number of nitrogens with two attached hydrogens (primary N) is 2. The van der Waals surface area contributed by atoms with Gasteiger partial charge in [-0.2, -0.15) is 0 Å². The highest BCUT2D eigenvalue weighted by atomic mass is 16.6. The van der Waals surface area contributed by atoms with E-state index >= 15 is 0 Å². The van der Waals surface area contributed by atoms with Crippen LogP contribution >= 0.6 is 0 Å². The topological polar surface area (TPSA) is 142 Å². The molecule has 0 rings (SSSR count). The normalized spacial score (nSPS) is 15.2. The van der Waals surface area contributed by atoms with E-state index in [2.05, 4.69) is 0 Å². The Labute approximate surface area is 167 Å². The molecule has 0 aromatic heterocycles. The standard InChI is InChI=1S/C19H35N3O6/c1-17(2,3)27-15(25)19(7,12-23)22(16(26)28-18(4,5)6)14(24)13(21)10-8-9-11-20/h12-13H,8-11,20-21H2,1-7H3/t13-,19+/m0/s1. The van der Waals surface area contributed by atoms with Gasteiger partial charge in [-0.3, -0.25) is 4.79 Å². The van der Waals surface area contributed by atoms with Gasteiger partial charge in [-0.25, -0.2) is 14.5 Å². The fraction of sp³-hybridized carbons (Fsp3) is 0.789. The minimum atomic E-state index is -2.22. The number of unbranched alkanes of at least 4 members (excludes halogenated alkanes) is 1. The van der Waals surface area contributed by atoms with Crippen molar-refractivity contribution in [2.45, 2.75) is 90.5 Å². The molecule has 162 valence electrons. The fourth-order valence-corrected chi connectivity index (χ4v) is 2.19. The molecule has 2 atom stereocenters. The number of esters is 1. The first-order chi connectivity index (χ1) is 12.6. The molecule has 0 unspecified atom stereocenters. The Hall–Kier alpha value is -2.00. The largest absolute Gasteiger partial charge is 0.458 e. The van der Waals surface area contributed by atoms with E-state index < -0.39 is 40.8 Å². The van der Waals surface area contributed by atoms with Crippen LogP contribution in [0.3, 0.4) is 0 Å². The van der Waals surface area contributed by atoms with Crippen molar-refractivity contribution in [1.82, 2.24) is 4.90 Å². The van der Waals surface area contributed by atoms with E-state index in [1.165, 1.54) is 0 Å². The van der Waals surface area contributed by atoms with Crippen molar-refractivity contribution >= 4 is 24.3 Å². The number of amides is 2. The number of carbonyl (C=O) groups excluding carboxylic acids is 4. The van der Waals surface area contributed by atoms with Gasteiger partial charge in [0.05, 0.1) is 6.04 Å². The van der Waals surface area contributed by atoms with E-state index in [1.54, 1.807) is 41.5 Å². The lowest BCUT2D eigenvalue weighted by Crippen LogP contribution is -2.63. The Balaban J connectivity index is 5.98. The second-order valence-electron chi connectivity index (χ2n) is 8.81. The van der Waals surface area contributed by atoms with Crippen LogP contribution in [0, 0.1) is 0 Å². The average molecular weight is 402 g/mol. The van der Waals surface area contributed by atoms with E-state index in [0.29, 0.717) is 24.3 Å². The molecule has 0 aromatic carbocycles. The highest BCUT2D eigenvalue weighted by Crippen LogP contribution is 2.24. The maximum Gasteiger partial charge on any atom is 0.418 e. The van der Waals surface area contributed by atoms with Gasteiger partial charge in [0.15, 0.2) is 6.29 Å². The predicted molar refractivity (Wildman–Crippen MR) is 104 cm³/mol. The summed E-state index contributed by atoms with van der Waals surface area (Å²) in [5.41, 5.74) is 7.25. The number of ether oxygens (including phenoxy) is 2. The number of hydrogen-bond acceptors (Lipinski definition) is 8. The van der Waals surface area contributed by atoms with Gasteiger partial charge in [-0.15, -0.1) is 0 Å². The summed E-state index contributed by atoms with van der Waals surface area (Å²) in [7, 11) is 0. The molecular formula is C19H35N3O6. The van der Waals surface area contributed by atoms with Crippen molar-refractivity contribution in [2.75, 3.05) is 6.54 Å². The van der Waals surface area contributed by atoms with Crippen molar-refractivity contribution in [3.63, 3.8) is 0 Å². The average Bonchev–Trinajstić information content (AvgIpc) is 2.51. The van der Waals surface area contributed by atoms with Crippen LogP contribution in [0.5, 0.6) is 0 Å². The molecule has 0 aromatic rings. The summed E-state index contributed by atoms with van der Waals surface area (Å²) in [6, 6.07) is -1.11. The summed E-state index contributed by atoms with van der Waals surface area (Å²) < 4.78 is 10.5. The molecule has 9 heteroatoms.